The number of carbonyl (C=O) groups is 1. The minimum atomic E-state index is -0.634. The van der Waals surface area contributed by atoms with Gasteiger partial charge in [0.25, 0.3) is 0 Å². The maximum absolute atomic E-state index is 13.6. The second kappa shape index (κ2) is 8.22. The van der Waals surface area contributed by atoms with E-state index in [1.807, 2.05) is 13.3 Å². The first-order valence-electron chi connectivity index (χ1n) is 10.3. The van der Waals surface area contributed by atoms with E-state index in [9.17, 15) is 13.6 Å². The molecule has 2 aromatic rings. The Kier molecular flexibility index (Phi) is 5.67. The zero-order valence-corrected chi connectivity index (χ0v) is 16.9. The fourth-order valence-electron chi connectivity index (χ4n) is 4.54. The molecule has 29 heavy (non-hydrogen) atoms. The van der Waals surface area contributed by atoms with Crippen LogP contribution in [0.1, 0.15) is 55.1 Å². The molecule has 1 amide bonds. The highest BCUT2D eigenvalue weighted by molar-refractivity contribution is 5.78. The molecule has 7 heteroatoms. The van der Waals surface area contributed by atoms with E-state index in [2.05, 4.69) is 16.5 Å². The van der Waals surface area contributed by atoms with Crippen LogP contribution in [0, 0.1) is 37.3 Å². The van der Waals surface area contributed by atoms with Crippen molar-refractivity contribution >= 4 is 5.91 Å². The van der Waals surface area contributed by atoms with Crippen molar-refractivity contribution in [3.63, 3.8) is 0 Å². The van der Waals surface area contributed by atoms with Gasteiger partial charge in [0.1, 0.15) is 11.6 Å². The van der Waals surface area contributed by atoms with Crippen molar-refractivity contribution in [3.8, 4) is 0 Å². The third kappa shape index (κ3) is 4.20. The number of aryl methyl sites for hydroxylation is 1. The number of carbonyl (C=O) groups excluding carboxylic acids is 1. The van der Waals surface area contributed by atoms with E-state index >= 15 is 0 Å². The summed E-state index contributed by atoms with van der Waals surface area (Å²) in [5.41, 5.74) is 2.70. The predicted octanol–water partition coefficient (Wildman–Crippen LogP) is 4.49. The van der Waals surface area contributed by atoms with Crippen LogP contribution in [0.5, 0.6) is 0 Å². The molecule has 2 heterocycles. The van der Waals surface area contributed by atoms with Crippen LogP contribution >= 0.6 is 0 Å². The van der Waals surface area contributed by atoms with Crippen LogP contribution in [0.25, 0.3) is 0 Å². The van der Waals surface area contributed by atoms with E-state index in [0.717, 1.165) is 44.0 Å². The molecule has 1 saturated carbocycles. The lowest BCUT2D eigenvalue weighted by molar-refractivity contribution is -0.183. The van der Waals surface area contributed by atoms with Crippen LogP contribution in [0.3, 0.4) is 0 Å². The van der Waals surface area contributed by atoms with Crippen molar-refractivity contribution in [3.05, 3.63) is 53.1 Å². The summed E-state index contributed by atoms with van der Waals surface area (Å²) in [5.74, 6) is -0.908. The van der Waals surface area contributed by atoms with E-state index < -0.39 is 17.7 Å². The zero-order chi connectivity index (χ0) is 20.5. The van der Waals surface area contributed by atoms with Gasteiger partial charge in [-0.2, -0.15) is 0 Å². The van der Waals surface area contributed by atoms with Gasteiger partial charge >= 0.3 is 0 Å². The monoisotopic (exact) mass is 403 g/mol. The average Bonchev–Trinajstić information content (AvgIpc) is 3.30. The predicted molar refractivity (Wildman–Crippen MR) is 104 cm³/mol. The smallest absolute Gasteiger partial charge is 0.249 e. The van der Waals surface area contributed by atoms with Crippen molar-refractivity contribution in [1.29, 1.82) is 0 Å². The standard InChI is InChI=1S/C22H27F2N3O2/c1-14-15(2)26(13-25-14)12-16-3-5-17(6-4-16)22(28)27-21(7-8-29-27)18-9-19(23)11-20(24)10-18/h9-11,13,16-17,21H,3-8,12H2,1-2H3/t16?,17?,21-/m0/s1. The lowest BCUT2D eigenvalue weighted by Crippen LogP contribution is -2.37. The summed E-state index contributed by atoms with van der Waals surface area (Å²) >= 11 is 0. The number of imidazole rings is 1. The third-order valence-corrected chi connectivity index (χ3v) is 6.39. The maximum atomic E-state index is 13.6. The average molecular weight is 403 g/mol. The summed E-state index contributed by atoms with van der Waals surface area (Å²) < 4.78 is 29.4. The molecular formula is C22H27F2N3O2. The molecule has 0 radical (unpaired) electrons. The van der Waals surface area contributed by atoms with Crippen molar-refractivity contribution in [2.45, 2.75) is 58.5 Å². The Labute approximate surface area is 169 Å². The summed E-state index contributed by atoms with van der Waals surface area (Å²) in [6.07, 6.45) is 5.99. The van der Waals surface area contributed by atoms with E-state index in [0.29, 0.717) is 24.5 Å². The first-order valence-corrected chi connectivity index (χ1v) is 10.3. The van der Waals surface area contributed by atoms with Crippen LogP contribution in [-0.4, -0.2) is 27.1 Å². The molecule has 0 bridgehead atoms. The number of hydrogen-bond acceptors (Lipinski definition) is 3. The fraction of sp³-hybridized carbons (Fsp3) is 0.545. The molecule has 156 valence electrons. The third-order valence-electron chi connectivity index (χ3n) is 6.39. The number of benzene rings is 1. The molecule has 1 aromatic carbocycles. The van der Waals surface area contributed by atoms with Gasteiger partial charge in [0, 0.05) is 30.6 Å². The summed E-state index contributed by atoms with van der Waals surface area (Å²) in [6, 6.07) is 2.99. The highest BCUT2D eigenvalue weighted by Crippen LogP contribution is 2.37. The molecule has 4 rings (SSSR count). The number of halogens is 2. The molecule has 0 unspecified atom stereocenters. The fourth-order valence-corrected chi connectivity index (χ4v) is 4.54. The van der Waals surface area contributed by atoms with Crippen molar-refractivity contribution < 1.29 is 18.4 Å². The van der Waals surface area contributed by atoms with Crippen molar-refractivity contribution in [2.24, 2.45) is 11.8 Å². The molecule has 0 spiro atoms. The Morgan fingerprint density at radius 2 is 1.79 bits per heavy atom. The quantitative estimate of drug-likeness (QED) is 0.756. The minimum Gasteiger partial charge on any atom is -0.334 e. The van der Waals surface area contributed by atoms with Gasteiger partial charge in [0.2, 0.25) is 5.91 Å². The molecule has 1 atom stereocenters. The van der Waals surface area contributed by atoms with E-state index in [-0.39, 0.29) is 11.8 Å². The molecule has 1 aliphatic carbocycles. The molecule has 0 N–H and O–H groups in total. The topological polar surface area (TPSA) is 47.4 Å². The summed E-state index contributed by atoms with van der Waals surface area (Å²) in [7, 11) is 0. The normalized spacial score (nSPS) is 24.8. The Morgan fingerprint density at radius 3 is 2.41 bits per heavy atom. The molecule has 2 aliphatic rings. The Balaban J connectivity index is 1.38. The van der Waals surface area contributed by atoms with Crippen LogP contribution in [0.2, 0.25) is 0 Å². The molecule has 1 aliphatic heterocycles. The molecule has 1 aromatic heterocycles. The first-order chi connectivity index (χ1) is 13.9. The van der Waals surface area contributed by atoms with Crippen LogP contribution in [0.15, 0.2) is 24.5 Å². The zero-order valence-electron chi connectivity index (χ0n) is 16.9. The van der Waals surface area contributed by atoms with Gasteiger partial charge in [0.05, 0.1) is 24.7 Å². The van der Waals surface area contributed by atoms with Crippen molar-refractivity contribution in [1.82, 2.24) is 14.6 Å². The highest BCUT2D eigenvalue weighted by atomic mass is 19.1. The van der Waals surface area contributed by atoms with Gasteiger partial charge in [0.15, 0.2) is 0 Å². The number of aromatic nitrogens is 2. The number of rotatable bonds is 4. The SMILES string of the molecule is Cc1ncn(CC2CCC(C(=O)N3OCC[C@H]3c3cc(F)cc(F)c3)CC2)c1C. The van der Waals surface area contributed by atoms with Gasteiger partial charge in [-0.05, 0) is 63.1 Å². The second-order valence-electron chi connectivity index (χ2n) is 8.29. The molecular weight excluding hydrogens is 376 g/mol. The largest absolute Gasteiger partial charge is 0.334 e. The van der Waals surface area contributed by atoms with Crippen LogP contribution in [-0.2, 0) is 16.2 Å². The summed E-state index contributed by atoms with van der Waals surface area (Å²) in [6.45, 7) is 5.40. The number of nitrogens with zero attached hydrogens (tertiary/aromatic N) is 3. The van der Waals surface area contributed by atoms with Gasteiger partial charge in [-0.1, -0.05) is 0 Å². The second-order valence-corrected chi connectivity index (χ2v) is 8.29. The van der Waals surface area contributed by atoms with Crippen LogP contribution in [0.4, 0.5) is 8.78 Å². The number of hydrogen-bond donors (Lipinski definition) is 0. The molecule has 1 saturated heterocycles. The highest BCUT2D eigenvalue weighted by Gasteiger charge is 2.37. The van der Waals surface area contributed by atoms with Gasteiger partial charge < -0.3 is 4.57 Å². The van der Waals surface area contributed by atoms with E-state index in [4.69, 9.17) is 4.84 Å². The van der Waals surface area contributed by atoms with E-state index in [1.165, 1.54) is 22.9 Å². The van der Waals surface area contributed by atoms with Gasteiger partial charge in [-0.15, -0.1) is 0 Å². The van der Waals surface area contributed by atoms with Gasteiger partial charge in [-0.3, -0.25) is 9.63 Å². The minimum absolute atomic E-state index is 0.0646. The lowest BCUT2D eigenvalue weighted by Gasteiger charge is -2.32. The summed E-state index contributed by atoms with van der Waals surface area (Å²) in [4.78, 5) is 23.0. The Morgan fingerprint density at radius 1 is 1.10 bits per heavy atom. The Hall–Kier alpha value is -2.28. The Bertz CT molecular complexity index is 870. The van der Waals surface area contributed by atoms with E-state index in [1.54, 1.807) is 0 Å². The first kappa shape index (κ1) is 20.0. The maximum Gasteiger partial charge on any atom is 0.249 e. The number of hydroxylamine groups is 2. The van der Waals surface area contributed by atoms with Crippen LogP contribution < -0.4 is 0 Å². The number of amides is 1. The molecule has 5 nitrogen and oxygen atoms in total. The molecule has 2 fully saturated rings. The van der Waals surface area contributed by atoms with Crippen molar-refractivity contribution in [2.75, 3.05) is 6.61 Å². The summed E-state index contributed by atoms with van der Waals surface area (Å²) in [5, 5.41) is 1.36. The lowest BCUT2D eigenvalue weighted by atomic mass is 9.81. The van der Waals surface area contributed by atoms with Gasteiger partial charge in [-0.25, -0.2) is 18.8 Å².